The maximum Gasteiger partial charge on any atom is 0.139 e. The van der Waals surface area contributed by atoms with Gasteiger partial charge in [-0.3, -0.25) is 0 Å². The minimum absolute atomic E-state index is 0.0900. The van der Waals surface area contributed by atoms with Gasteiger partial charge in [-0.15, -0.1) is 0 Å². The number of rotatable bonds is 4. The van der Waals surface area contributed by atoms with Gasteiger partial charge in [-0.1, -0.05) is 37.0 Å². The van der Waals surface area contributed by atoms with Gasteiger partial charge in [0.05, 0.1) is 15.6 Å². The highest BCUT2D eigenvalue weighted by molar-refractivity contribution is 9.10. The molecule has 96 valence electrons. The van der Waals surface area contributed by atoms with Crippen LogP contribution in [0.2, 0.25) is 10.0 Å². The molecule has 0 aliphatic carbocycles. The van der Waals surface area contributed by atoms with Gasteiger partial charge in [-0.05, 0) is 34.8 Å². The fraction of sp³-hybridized carbons (Fsp3) is 0.500. The van der Waals surface area contributed by atoms with Gasteiger partial charge in [0.1, 0.15) is 12.4 Å². The molecule has 0 amide bonds. The highest BCUT2D eigenvalue weighted by atomic mass is 79.9. The fourth-order valence-corrected chi connectivity index (χ4v) is 1.85. The smallest absolute Gasteiger partial charge is 0.139 e. The minimum atomic E-state index is -0.900. The lowest BCUT2D eigenvalue weighted by Gasteiger charge is -2.27. The summed E-state index contributed by atoms with van der Waals surface area (Å²) in [6.07, 6.45) is 0. The van der Waals surface area contributed by atoms with Crippen LogP contribution >= 0.6 is 39.1 Å². The van der Waals surface area contributed by atoms with E-state index in [-0.39, 0.29) is 12.5 Å². The summed E-state index contributed by atoms with van der Waals surface area (Å²) in [4.78, 5) is 0. The third-order valence-corrected chi connectivity index (χ3v) is 4.23. The summed E-state index contributed by atoms with van der Waals surface area (Å²) in [6.45, 7) is 5.76. The normalized spacial score (nSPS) is 14.8. The summed E-state index contributed by atoms with van der Waals surface area (Å²) in [6, 6.07) is 3.30. The molecule has 0 fully saturated rings. The zero-order valence-corrected chi connectivity index (χ0v) is 13.0. The van der Waals surface area contributed by atoms with Gasteiger partial charge in [0, 0.05) is 10.5 Å². The predicted octanol–water partition coefficient (Wildman–Crippen LogP) is 4.54. The average molecular weight is 342 g/mol. The van der Waals surface area contributed by atoms with Crippen molar-refractivity contribution in [2.45, 2.75) is 26.4 Å². The van der Waals surface area contributed by atoms with Crippen LogP contribution in [0.25, 0.3) is 0 Å². The number of halogens is 3. The van der Waals surface area contributed by atoms with Crippen molar-refractivity contribution >= 4 is 39.1 Å². The first-order valence-corrected chi connectivity index (χ1v) is 6.78. The molecule has 1 rings (SSSR count). The average Bonchev–Trinajstić information content (AvgIpc) is 2.21. The molecule has 0 saturated heterocycles. The van der Waals surface area contributed by atoms with E-state index in [1.807, 2.05) is 13.8 Å². The summed E-state index contributed by atoms with van der Waals surface area (Å²) in [5.74, 6) is 0.563. The van der Waals surface area contributed by atoms with E-state index in [4.69, 9.17) is 27.9 Å². The summed E-state index contributed by atoms with van der Waals surface area (Å²) < 4.78 is 6.23. The largest absolute Gasteiger partial charge is 0.489 e. The van der Waals surface area contributed by atoms with Crippen LogP contribution in [0.3, 0.4) is 0 Å². The van der Waals surface area contributed by atoms with E-state index in [1.165, 1.54) is 0 Å². The van der Waals surface area contributed by atoms with E-state index in [2.05, 4.69) is 15.9 Å². The Morgan fingerprint density at radius 3 is 2.47 bits per heavy atom. The van der Waals surface area contributed by atoms with Crippen LogP contribution in [-0.4, -0.2) is 17.3 Å². The van der Waals surface area contributed by atoms with E-state index >= 15 is 0 Å². The maximum atomic E-state index is 10.1. The Hall–Kier alpha value is 0.0400. The topological polar surface area (TPSA) is 29.5 Å². The first kappa shape index (κ1) is 15.1. The molecule has 0 bridgehead atoms. The number of aliphatic hydroxyl groups is 1. The molecular weight excluding hydrogens is 327 g/mol. The Balaban J connectivity index is 2.80. The van der Waals surface area contributed by atoms with Crippen molar-refractivity contribution in [3.05, 3.63) is 26.7 Å². The molecule has 1 aromatic carbocycles. The number of ether oxygens (including phenoxy) is 1. The maximum absolute atomic E-state index is 10.1. The van der Waals surface area contributed by atoms with E-state index in [0.717, 1.165) is 0 Å². The van der Waals surface area contributed by atoms with Crippen molar-refractivity contribution in [3.8, 4) is 5.75 Å². The van der Waals surface area contributed by atoms with E-state index < -0.39 is 5.60 Å². The van der Waals surface area contributed by atoms with E-state index in [9.17, 15) is 5.11 Å². The molecule has 2 nitrogen and oxygen atoms in total. The third kappa shape index (κ3) is 4.02. The Labute approximate surface area is 120 Å². The van der Waals surface area contributed by atoms with E-state index in [0.29, 0.717) is 20.3 Å². The molecule has 0 saturated carbocycles. The van der Waals surface area contributed by atoms with Gasteiger partial charge >= 0.3 is 0 Å². The summed E-state index contributed by atoms with van der Waals surface area (Å²) >= 11 is 15.2. The molecule has 0 aliphatic heterocycles. The molecule has 17 heavy (non-hydrogen) atoms. The Morgan fingerprint density at radius 2 is 1.94 bits per heavy atom. The lowest BCUT2D eigenvalue weighted by molar-refractivity contribution is -0.0266. The molecule has 5 heteroatoms. The second-order valence-corrected chi connectivity index (χ2v) is 6.17. The monoisotopic (exact) mass is 340 g/mol. The number of benzene rings is 1. The number of hydrogen-bond acceptors (Lipinski definition) is 2. The highest BCUT2D eigenvalue weighted by Gasteiger charge is 2.26. The first-order valence-electron chi connectivity index (χ1n) is 5.23. The SMILES string of the molecule is CC(C)C(C)(O)COc1cc(Cl)c(Br)cc1Cl. The quantitative estimate of drug-likeness (QED) is 0.814. The number of hydrogen-bond donors (Lipinski definition) is 1. The zero-order chi connectivity index (χ0) is 13.2. The van der Waals surface area contributed by atoms with Crippen LogP contribution in [0.15, 0.2) is 16.6 Å². The van der Waals surface area contributed by atoms with Gasteiger partial charge < -0.3 is 9.84 Å². The molecule has 0 heterocycles. The van der Waals surface area contributed by atoms with Crippen LogP contribution in [0.1, 0.15) is 20.8 Å². The first-order chi connectivity index (χ1) is 7.74. The Morgan fingerprint density at radius 1 is 1.35 bits per heavy atom. The Kier molecular flexibility index (Phi) is 5.14. The molecule has 0 aliphatic rings. The van der Waals surface area contributed by atoms with Crippen molar-refractivity contribution < 1.29 is 9.84 Å². The molecular formula is C12H15BrCl2O2. The van der Waals surface area contributed by atoms with Crippen LogP contribution in [0.5, 0.6) is 5.75 Å². The third-order valence-electron chi connectivity index (χ3n) is 2.74. The second-order valence-electron chi connectivity index (χ2n) is 4.50. The molecule has 1 unspecified atom stereocenters. The minimum Gasteiger partial charge on any atom is -0.489 e. The highest BCUT2D eigenvalue weighted by Crippen LogP contribution is 2.34. The molecule has 1 N–H and O–H groups in total. The Bertz CT molecular complexity index is 406. The lowest BCUT2D eigenvalue weighted by atomic mass is 9.94. The van der Waals surface area contributed by atoms with Crippen molar-refractivity contribution in [2.75, 3.05) is 6.61 Å². The van der Waals surface area contributed by atoms with Crippen molar-refractivity contribution in [3.63, 3.8) is 0 Å². The summed E-state index contributed by atoms with van der Waals surface area (Å²) in [5.41, 5.74) is -0.900. The van der Waals surface area contributed by atoms with Crippen LogP contribution in [0, 0.1) is 5.92 Å². The van der Waals surface area contributed by atoms with Crippen LogP contribution < -0.4 is 4.74 Å². The summed E-state index contributed by atoms with van der Waals surface area (Å²) in [5, 5.41) is 11.0. The second kappa shape index (κ2) is 5.79. The van der Waals surface area contributed by atoms with Gasteiger partial charge in [0.2, 0.25) is 0 Å². The molecule has 0 radical (unpaired) electrons. The van der Waals surface area contributed by atoms with Crippen molar-refractivity contribution in [1.82, 2.24) is 0 Å². The molecule has 0 spiro atoms. The lowest BCUT2D eigenvalue weighted by Crippen LogP contribution is -2.37. The van der Waals surface area contributed by atoms with Crippen molar-refractivity contribution in [1.29, 1.82) is 0 Å². The molecule has 0 aromatic heterocycles. The zero-order valence-electron chi connectivity index (χ0n) is 9.93. The van der Waals surface area contributed by atoms with Gasteiger partial charge in [-0.2, -0.15) is 0 Å². The van der Waals surface area contributed by atoms with Gasteiger partial charge in [0.25, 0.3) is 0 Å². The molecule has 1 aromatic rings. The van der Waals surface area contributed by atoms with Crippen LogP contribution in [0.4, 0.5) is 0 Å². The molecule has 1 atom stereocenters. The standard InChI is InChI=1S/C12H15BrCl2O2/c1-7(2)12(3,16)6-17-11-5-9(14)8(13)4-10(11)15/h4-5,7,16H,6H2,1-3H3. The summed E-state index contributed by atoms with van der Waals surface area (Å²) in [7, 11) is 0. The van der Waals surface area contributed by atoms with Crippen LogP contribution in [-0.2, 0) is 0 Å². The van der Waals surface area contributed by atoms with E-state index in [1.54, 1.807) is 19.1 Å². The van der Waals surface area contributed by atoms with Crippen molar-refractivity contribution in [2.24, 2.45) is 5.92 Å². The fourth-order valence-electron chi connectivity index (χ4n) is 1.01. The predicted molar refractivity (Wildman–Crippen MR) is 75.1 cm³/mol. The van der Waals surface area contributed by atoms with Gasteiger partial charge in [0.15, 0.2) is 0 Å². The van der Waals surface area contributed by atoms with Gasteiger partial charge in [-0.25, -0.2) is 0 Å².